The van der Waals surface area contributed by atoms with Crippen molar-refractivity contribution in [2.75, 3.05) is 5.75 Å². The first-order valence-electron chi connectivity index (χ1n) is 7.73. The molecular weight excluding hydrogens is 270 g/mol. The van der Waals surface area contributed by atoms with Crippen LogP contribution < -0.4 is 0 Å². The van der Waals surface area contributed by atoms with Crippen molar-refractivity contribution in [3.8, 4) is 6.07 Å². The lowest BCUT2D eigenvalue weighted by Crippen LogP contribution is -2.41. The molecule has 1 saturated carbocycles. The summed E-state index contributed by atoms with van der Waals surface area (Å²) >= 11 is 0. The van der Waals surface area contributed by atoms with Gasteiger partial charge in [0, 0.05) is 0 Å². The van der Waals surface area contributed by atoms with Crippen LogP contribution in [0, 0.1) is 34.5 Å². The lowest BCUT2D eigenvalue weighted by molar-refractivity contribution is 0.166. The molecule has 20 heavy (non-hydrogen) atoms. The van der Waals surface area contributed by atoms with Crippen LogP contribution in [0.1, 0.15) is 60.3 Å². The zero-order valence-corrected chi connectivity index (χ0v) is 14.3. The van der Waals surface area contributed by atoms with Crippen LogP contribution in [0.25, 0.3) is 0 Å². The van der Waals surface area contributed by atoms with E-state index in [0.717, 1.165) is 19.3 Å². The van der Waals surface area contributed by atoms with Gasteiger partial charge in [0.2, 0.25) is 0 Å². The van der Waals surface area contributed by atoms with Crippen molar-refractivity contribution >= 4 is 9.84 Å². The molecule has 1 aliphatic carbocycles. The van der Waals surface area contributed by atoms with Crippen LogP contribution in [0.2, 0.25) is 0 Å². The van der Waals surface area contributed by atoms with Gasteiger partial charge in [0.1, 0.15) is 0 Å². The summed E-state index contributed by atoms with van der Waals surface area (Å²) in [6, 6.07) is 2.24. The minimum atomic E-state index is -3.17. The number of nitrogens with zero attached hydrogens (tertiary/aromatic N) is 1. The SMILES string of the molecule is CCC(C)CS(=O)(=O)C1CC(C(C)(C)C)CCC1C#N. The van der Waals surface area contributed by atoms with Gasteiger partial charge in [-0.1, -0.05) is 41.0 Å². The monoisotopic (exact) mass is 299 g/mol. The summed E-state index contributed by atoms with van der Waals surface area (Å²) in [5.41, 5.74) is 0.116. The molecule has 0 amide bonds. The number of rotatable bonds is 4. The third kappa shape index (κ3) is 4.22. The molecule has 0 spiro atoms. The summed E-state index contributed by atoms with van der Waals surface area (Å²) in [5, 5.41) is 8.83. The molecule has 4 atom stereocenters. The van der Waals surface area contributed by atoms with Crippen molar-refractivity contribution in [1.82, 2.24) is 0 Å². The third-order valence-electron chi connectivity index (χ3n) is 4.86. The van der Waals surface area contributed by atoms with Crippen molar-refractivity contribution in [1.29, 1.82) is 5.26 Å². The normalized spacial score (nSPS) is 29.7. The van der Waals surface area contributed by atoms with E-state index in [2.05, 4.69) is 26.8 Å². The van der Waals surface area contributed by atoms with E-state index >= 15 is 0 Å². The fraction of sp³-hybridized carbons (Fsp3) is 0.938. The maximum Gasteiger partial charge on any atom is 0.154 e. The van der Waals surface area contributed by atoms with E-state index in [1.54, 1.807) is 0 Å². The Balaban J connectivity index is 2.95. The Morgan fingerprint density at radius 2 is 1.90 bits per heavy atom. The first kappa shape index (κ1) is 17.5. The van der Waals surface area contributed by atoms with Crippen molar-refractivity contribution in [3.63, 3.8) is 0 Å². The molecule has 0 N–H and O–H groups in total. The Bertz CT molecular complexity index is 456. The molecule has 0 bridgehead atoms. The maximum absolute atomic E-state index is 12.6. The molecule has 0 aromatic heterocycles. The van der Waals surface area contributed by atoms with Crippen molar-refractivity contribution < 1.29 is 8.42 Å². The smallest absolute Gasteiger partial charge is 0.154 e. The predicted octanol–water partition coefficient (Wildman–Crippen LogP) is 3.80. The second-order valence-electron chi connectivity index (χ2n) is 7.49. The molecule has 1 fully saturated rings. The summed E-state index contributed by atoms with van der Waals surface area (Å²) in [4.78, 5) is 0. The summed E-state index contributed by atoms with van der Waals surface area (Å²) in [5.74, 6) is 0.476. The molecule has 0 aromatic carbocycles. The third-order valence-corrected chi connectivity index (χ3v) is 7.33. The Kier molecular flexibility index (Phi) is 5.66. The topological polar surface area (TPSA) is 57.9 Å². The molecule has 0 aliphatic heterocycles. The Morgan fingerprint density at radius 3 is 2.35 bits per heavy atom. The Hall–Kier alpha value is -0.560. The highest BCUT2D eigenvalue weighted by Gasteiger charge is 2.42. The molecule has 4 heteroatoms. The molecule has 0 radical (unpaired) electrons. The summed E-state index contributed by atoms with van der Waals surface area (Å²) in [6.07, 6.45) is 3.21. The summed E-state index contributed by atoms with van der Waals surface area (Å²) < 4.78 is 25.3. The van der Waals surface area contributed by atoms with Gasteiger partial charge in [0.15, 0.2) is 9.84 Å². The van der Waals surface area contributed by atoms with Crippen LogP contribution in [0.4, 0.5) is 0 Å². The first-order valence-corrected chi connectivity index (χ1v) is 9.44. The van der Waals surface area contributed by atoms with Gasteiger partial charge in [-0.05, 0) is 36.5 Å². The number of sulfone groups is 1. The highest BCUT2D eigenvalue weighted by Crippen LogP contribution is 2.42. The van der Waals surface area contributed by atoms with Gasteiger partial charge in [-0.2, -0.15) is 5.26 Å². The van der Waals surface area contributed by atoms with Crippen molar-refractivity contribution in [2.45, 2.75) is 65.6 Å². The highest BCUT2D eigenvalue weighted by molar-refractivity contribution is 7.92. The summed E-state index contributed by atoms with van der Waals surface area (Å²) in [7, 11) is -3.17. The molecule has 1 rings (SSSR count). The molecule has 0 heterocycles. The van der Waals surface area contributed by atoms with Crippen LogP contribution in [0.5, 0.6) is 0 Å². The molecule has 1 aliphatic rings. The Morgan fingerprint density at radius 1 is 1.30 bits per heavy atom. The molecule has 116 valence electrons. The van der Waals surface area contributed by atoms with Crippen LogP contribution in [-0.2, 0) is 9.84 Å². The lowest BCUT2D eigenvalue weighted by Gasteiger charge is -2.39. The minimum absolute atomic E-state index is 0.116. The van der Waals surface area contributed by atoms with Gasteiger partial charge >= 0.3 is 0 Å². The molecule has 3 nitrogen and oxygen atoms in total. The predicted molar refractivity (Wildman–Crippen MR) is 82.9 cm³/mol. The number of nitriles is 1. The van der Waals surface area contributed by atoms with Gasteiger partial charge in [-0.15, -0.1) is 0 Å². The van der Waals surface area contributed by atoms with Crippen molar-refractivity contribution in [2.24, 2.45) is 23.2 Å². The van der Waals surface area contributed by atoms with Gasteiger partial charge in [-0.3, -0.25) is 0 Å². The standard InChI is InChI=1S/C16H29NO2S/c1-6-12(2)11-20(18,19)15-9-14(16(3,4)5)8-7-13(15)10-17/h12-15H,6-9,11H2,1-5H3. The van der Waals surface area contributed by atoms with E-state index in [0.29, 0.717) is 12.3 Å². The quantitative estimate of drug-likeness (QED) is 0.793. The second kappa shape index (κ2) is 6.47. The average molecular weight is 299 g/mol. The summed E-state index contributed by atoms with van der Waals surface area (Å²) in [6.45, 7) is 10.5. The van der Waals surface area contributed by atoms with Gasteiger partial charge in [0.25, 0.3) is 0 Å². The van der Waals surface area contributed by atoms with E-state index in [1.165, 1.54) is 0 Å². The molecule has 0 aromatic rings. The zero-order chi connectivity index (χ0) is 15.6. The van der Waals surface area contributed by atoms with Crippen LogP contribution in [0.3, 0.4) is 0 Å². The maximum atomic E-state index is 12.6. The van der Waals surface area contributed by atoms with Gasteiger partial charge in [0.05, 0.1) is 23.0 Å². The Labute approximate surface area is 124 Å². The van der Waals surface area contributed by atoms with Crippen LogP contribution in [-0.4, -0.2) is 19.4 Å². The first-order chi connectivity index (χ1) is 9.11. The van der Waals surface area contributed by atoms with Crippen LogP contribution >= 0.6 is 0 Å². The van der Waals surface area contributed by atoms with Crippen molar-refractivity contribution in [3.05, 3.63) is 0 Å². The van der Waals surface area contributed by atoms with E-state index in [9.17, 15) is 13.7 Å². The minimum Gasteiger partial charge on any atom is -0.228 e. The van der Waals surface area contributed by atoms with E-state index in [1.807, 2.05) is 13.8 Å². The van der Waals surface area contributed by atoms with Gasteiger partial charge < -0.3 is 0 Å². The van der Waals surface area contributed by atoms with E-state index in [4.69, 9.17) is 0 Å². The largest absolute Gasteiger partial charge is 0.228 e. The second-order valence-corrected chi connectivity index (χ2v) is 9.76. The number of hydrogen-bond acceptors (Lipinski definition) is 3. The van der Waals surface area contributed by atoms with E-state index < -0.39 is 15.1 Å². The lowest BCUT2D eigenvalue weighted by atomic mass is 9.70. The zero-order valence-electron chi connectivity index (χ0n) is 13.5. The fourth-order valence-corrected chi connectivity index (χ4v) is 5.60. The average Bonchev–Trinajstić information content (AvgIpc) is 2.36. The highest BCUT2D eigenvalue weighted by atomic mass is 32.2. The van der Waals surface area contributed by atoms with Gasteiger partial charge in [-0.25, -0.2) is 8.42 Å². The molecular formula is C16H29NO2S. The number of hydrogen-bond donors (Lipinski definition) is 0. The van der Waals surface area contributed by atoms with Crippen LogP contribution in [0.15, 0.2) is 0 Å². The fourth-order valence-electron chi connectivity index (χ4n) is 3.10. The van der Waals surface area contributed by atoms with E-state index in [-0.39, 0.29) is 23.0 Å². The molecule has 0 saturated heterocycles. The molecule has 4 unspecified atom stereocenters.